The molecule has 0 saturated carbocycles. The summed E-state index contributed by atoms with van der Waals surface area (Å²) in [6.07, 6.45) is 1.91. The Morgan fingerprint density at radius 2 is 1.30 bits per heavy atom. The number of rotatable bonds is 7. The molecule has 3 aromatic carbocycles. The van der Waals surface area contributed by atoms with Crippen LogP contribution in [0.2, 0.25) is 0 Å². The van der Waals surface area contributed by atoms with E-state index in [-0.39, 0.29) is 20.9 Å². The molecule has 0 bridgehead atoms. The van der Waals surface area contributed by atoms with E-state index in [0.717, 1.165) is 18.4 Å². The van der Waals surface area contributed by atoms with Gasteiger partial charge in [-0.2, -0.15) is 0 Å². The molecule has 136 valence electrons. The fourth-order valence-corrected chi connectivity index (χ4v) is 5.04. The summed E-state index contributed by atoms with van der Waals surface area (Å²) >= 11 is 0.0966. The number of allylic oxidation sites excluding steroid dienone is 1. The maximum atomic E-state index is 12.7. The molecule has 27 heavy (non-hydrogen) atoms. The Balaban J connectivity index is 2.00. The van der Waals surface area contributed by atoms with Crippen LogP contribution in [0.1, 0.15) is 35.7 Å². The zero-order valence-corrected chi connectivity index (χ0v) is 17.0. The molecule has 0 aliphatic heterocycles. The molecular weight excluding hydrogens is 399 g/mol. The van der Waals surface area contributed by atoms with Crippen molar-refractivity contribution in [1.29, 1.82) is 0 Å². The number of carbonyl (C=O) groups excluding carboxylic acids is 1. The number of carbonyl (C=O) groups is 1. The zero-order chi connectivity index (χ0) is 18.9. The van der Waals surface area contributed by atoms with Crippen molar-refractivity contribution in [2.45, 2.75) is 19.8 Å². The van der Waals surface area contributed by atoms with Gasteiger partial charge in [0.25, 0.3) is 0 Å². The molecule has 0 aliphatic rings. The van der Waals surface area contributed by atoms with Gasteiger partial charge in [-0.05, 0) is 0 Å². The second kappa shape index (κ2) is 9.91. The van der Waals surface area contributed by atoms with Crippen molar-refractivity contribution in [3.8, 4) is 0 Å². The quantitative estimate of drug-likeness (QED) is 0.304. The van der Waals surface area contributed by atoms with Crippen molar-refractivity contribution >= 4 is 31.1 Å². The third-order valence-corrected chi connectivity index (χ3v) is 6.35. The van der Waals surface area contributed by atoms with Gasteiger partial charge < -0.3 is 0 Å². The van der Waals surface area contributed by atoms with Crippen LogP contribution in [0.15, 0.2) is 95.5 Å². The normalized spacial score (nSPS) is 11.6. The van der Waals surface area contributed by atoms with E-state index < -0.39 is 0 Å². The molecule has 0 N–H and O–H groups in total. The second-order valence-corrected chi connectivity index (χ2v) is 8.49. The van der Waals surface area contributed by atoms with Crippen LogP contribution in [0.4, 0.5) is 0 Å². The van der Waals surface area contributed by atoms with Crippen molar-refractivity contribution in [3.63, 3.8) is 0 Å². The van der Waals surface area contributed by atoms with Crippen LogP contribution >= 0.6 is 0 Å². The molecule has 0 spiro atoms. The van der Waals surface area contributed by atoms with Crippen LogP contribution in [-0.4, -0.2) is 20.9 Å². The molecule has 0 amide bonds. The van der Waals surface area contributed by atoms with Gasteiger partial charge in [0.2, 0.25) is 0 Å². The van der Waals surface area contributed by atoms with E-state index in [1.807, 2.05) is 54.6 Å². The van der Waals surface area contributed by atoms with Crippen molar-refractivity contribution in [1.82, 2.24) is 0 Å². The van der Waals surface area contributed by atoms with E-state index in [4.69, 9.17) is 4.74 Å². The first-order chi connectivity index (χ1) is 13.3. The van der Waals surface area contributed by atoms with Crippen molar-refractivity contribution < 1.29 is 9.53 Å². The van der Waals surface area contributed by atoms with E-state index in [9.17, 15) is 4.79 Å². The summed E-state index contributed by atoms with van der Waals surface area (Å²) in [4.78, 5) is 12.7. The third kappa shape index (κ3) is 5.43. The molecule has 0 aromatic heterocycles. The summed E-state index contributed by atoms with van der Waals surface area (Å²) < 4.78 is 8.44. The van der Waals surface area contributed by atoms with Gasteiger partial charge >= 0.3 is 167 Å². The summed E-state index contributed by atoms with van der Waals surface area (Å²) in [6, 6.07) is 29.5. The van der Waals surface area contributed by atoms with Crippen molar-refractivity contribution in [3.05, 3.63) is 107 Å². The van der Waals surface area contributed by atoms with E-state index >= 15 is 0 Å². The molecule has 0 fully saturated rings. The molecule has 0 atom stereocenters. The van der Waals surface area contributed by atoms with E-state index in [1.54, 1.807) is 12.1 Å². The Labute approximate surface area is 167 Å². The third-order valence-electron chi connectivity index (χ3n) is 3.95. The molecule has 0 radical (unpaired) electrons. The minimum atomic E-state index is -0.313. The monoisotopic (exact) mass is 422 g/mol. The first-order valence-corrected chi connectivity index (χ1v) is 10.8. The molecule has 2 nitrogen and oxygen atoms in total. The zero-order valence-electron chi connectivity index (χ0n) is 15.3. The van der Waals surface area contributed by atoms with E-state index in [2.05, 4.69) is 31.2 Å². The second-order valence-electron chi connectivity index (χ2n) is 6.04. The Morgan fingerprint density at radius 3 is 1.85 bits per heavy atom. The van der Waals surface area contributed by atoms with Gasteiger partial charge in [-0.25, -0.2) is 0 Å². The van der Waals surface area contributed by atoms with Crippen LogP contribution in [-0.2, 0) is 4.74 Å². The van der Waals surface area contributed by atoms with Crippen LogP contribution in [0.5, 0.6) is 0 Å². The fourth-order valence-electron chi connectivity index (χ4n) is 2.66. The Morgan fingerprint density at radius 1 is 0.778 bits per heavy atom. The fraction of sp³-hybridized carbons (Fsp3) is 0.125. The Hall–Kier alpha value is -2.61. The number of benzene rings is 3. The maximum absolute atomic E-state index is 12.7. The van der Waals surface area contributed by atoms with Gasteiger partial charge in [-0.1, -0.05) is 0 Å². The number of esters is 1. The van der Waals surface area contributed by atoms with Crippen LogP contribution in [0.25, 0.3) is 5.76 Å². The summed E-state index contributed by atoms with van der Waals surface area (Å²) in [6.45, 7) is 2.16. The summed E-state index contributed by atoms with van der Waals surface area (Å²) in [5, 5.41) is 0. The van der Waals surface area contributed by atoms with Crippen LogP contribution in [0, 0.1) is 0 Å². The number of ether oxygens (including phenoxy) is 1. The molecular formula is C24H22O2Se. The standard InChI is InChI=1S/C24H22O2Se/c1-2-12-22(27-21-17-10-5-11-18-21)23(19-13-6-3-7-14-19)26-24(25)20-15-8-4-9-16-20/h3-11,13-18H,2,12H2,1H3/b23-22+. The Kier molecular flexibility index (Phi) is 7.04. The minimum absolute atomic E-state index is 0.0966. The van der Waals surface area contributed by atoms with E-state index in [0.29, 0.717) is 11.3 Å². The van der Waals surface area contributed by atoms with E-state index in [1.165, 1.54) is 8.93 Å². The average molecular weight is 421 g/mol. The van der Waals surface area contributed by atoms with Gasteiger partial charge in [0, 0.05) is 0 Å². The predicted octanol–water partition coefficient (Wildman–Crippen LogP) is 5.04. The molecule has 0 unspecified atom stereocenters. The predicted molar refractivity (Wildman–Crippen MR) is 112 cm³/mol. The van der Waals surface area contributed by atoms with Gasteiger partial charge in [-0.15, -0.1) is 0 Å². The van der Waals surface area contributed by atoms with Crippen molar-refractivity contribution in [2.75, 3.05) is 0 Å². The number of hydrogen-bond acceptors (Lipinski definition) is 2. The van der Waals surface area contributed by atoms with Crippen LogP contribution < -0.4 is 4.46 Å². The summed E-state index contributed by atoms with van der Waals surface area (Å²) in [5.41, 5.74) is 1.51. The molecule has 3 aromatic rings. The molecule has 0 aliphatic carbocycles. The number of hydrogen-bond donors (Lipinski definition) is 0. The molecule has 0 saturated heterocycles. The topological polar surface area (TPSA) is 26.3 Å². The van der Waals surface area contributed by atoms with Crippen LogP contribution in [0.3, 0.4) is 0 Å². The Bertz CT molecular complexity index is 887. The molecule has 3 heteroatoms. The summed E-state index contributed by atoms with van der Waals surface area (Å²) in [5.74, 6) is 0.391. The summed E-state index contributed by atoms with van der Waals surface area (Å²) in [7, 11) is 0. The average Bonchev–Trinajstić information content (AvgIpc) is 2.73. The van der Waals surface area contributed by atoms with Gasteiger partial charge in [0.05, 0.1) is 0 Å². The van der Waals surface area contributed by atoms with Gasteiger partial charge in [-0.3, -0.25) is 0 Å². The van der Waals surface area contributed by atoms with Gasteiger partial charge in [0.1, 0.15) is 0 Å². The van der Waals surface area contributed by atoms with Crippen molar-refractivity contribution in [2.24, 2.45) is 0 Å². The first-order valence-electron chi connectivity index (χ1n) is 9.06. The molecule has 3 rings (SSSR count). The SMILES string of the molecule is CCC/C([Se]c1ccccc1)=C(\OC(=O)c1ccccc1)c1ccccc1. The molecule has 0 heterocycles. The van der Waals surface area contributed by atoms with Gasteiger partial charge in [0.15, 0.2) is 0 Å². The first kappa shape index (κ1) is 19.2.